The molecule has 0 atom stereocenters. The van der Waals surface area contributed by atoms with E-state index >= 15 is 0 Å². The number of aromatic nitrogens is 3. The average Bonchev–Trinajstić information content (AvgIpc) is 3.09. The van der Waals surface area contributed by atoms with Gasteiger partial charge >= 0.3 is 0 Å². The molecule has 0 saturated heterocycles. The number of halogens is 2. The molecular weight excluding hydrogens is 354 g/mol. The van der Waals surface area contributed by atoms with E-state index in [0.29, 0.717) is 5.56 Å². The molecule has 6 nitrogen and oxygen atoms in total. The van der Waals surface area contributed by atoms with Crippen LogP contribution in [0.15, 0.2) is 49.1 Å². The fourth-order valence-corrected chi connectivity index (χ4v) is 2.51. The Morgan fingerprint density at radius 2 is 2.11 bits per heavy atom. The number of benzene rings is 1. The van der Waals surface area contributed by atoms with Gasteiger partial charge in [0, 0.05) is 54.5 Å². The van der Waals surface area contributed by atoms with Crippen molar-refractivity contribution in [3.05, 3.63) is 71.8 Å². The quantitative estimate of drug-likeness (QED) is 0.677. The molecule has 1 amide bonds. The molecule has 0 saturated carbocycles. The minimum Gasteiger partial charge on any atom is -0.392 e. The van der Waals surface area contributed by atoms with Gasteiger partial charge < -0.3 is 10.4 Å². The van der Waals surface area contributed by atoms with Gasteiger partial charge in [-0.15, -0.1) is 0 Å². The third-order valence-corrected chi connectivity index (χ3v) is 3.85. The highest BCUT2D eigenvalue weighted by molar-refractivity contribution is 6.02. The van der Waals surface area contributed by atoms with Crippen LogP contribution in [0, 0.1) is 11.6 Å². The zero-order valence-electron chi connectivity index (χ0n) is 14.4. The van der Waals surface area contributed by atoms with Gasteiger partial charge in [0.15, 0.2) is 0 Å². The molecule has 138 valence electrons. The van der Waals surface area contributed by atoms with Crippen LogP contribution in [-0.2, 0) is 18.4 Å². The first kappa shape index (κ1) is 18.4. The van der Waals surface area contributed by atoms with E-state index in [9.17, 15) is 13.6 Å². The number of nitrogens with one attached hydrogen (secondary N) is 1. The monoisotopic (exact) mass is 370 g/mol. The zero-order chi connectivity index (χ0) is 19.4. The van der Waals surface area contributed by atoms with E-state index in [1.54, 1.807) is 36.4 Å². The van der Waals surface area contributed by atoms with Crippen LogP contribution >= 0.6 is 0 Å². The van der Waals surface area contributed by atoms with E-state index in [-0.39, 0.29) is 11.3 Å². The number of hydrogen-bond acceptors (Lipinski definition) is 4. The minimum absolute atomic E-state index is 0.183. The second-order valence-corrected chi connectivity index (χ2v) is 5.77. The second kappa shape index (κ2) is 7.88. The largest absolute Gasteiger partial charge is 0.392 e. The molecule has 0 unspecified atom stereocenters. The first-order chi connectivity index (χ1) is 13.0. The maximum Gasteiger partial charge on any atom is 0.248 e. The lowest BCUT2D eigenvalue weighted by Gasteiger charge is -2.07. The Hall–Kier alpha value is -3.39. The molecule has 0 spiro atoms. The third-order valence-electron chi connectivity index (χ3n) is 3.85. The number of anilines is 1. The lowest BCUT2D eigenvalue weighted by atomic mass is 10.0. The molecule has 3 aromatic rings. The maximum absolute atomic E-state index is 13.9. The maximum atomic E-state index is 13.9. The van der Waals surface area contributed by atoms with Crippen LogP contribution in [-0.4, -0.2) is 25.8 Å². The number of aliphatic hydroxyl groups is 1. The number of nitrogens with zero attached hydrogens (tertiary/aromatic N) is 3. The number of aryl methyl sites for hydroxylation is 1. The molecular formula is C19H16F2N4O2. The zero-order valence-corrected chi connectivity index (χ0v) is 14.4. The lowest BCUT2D eigenvalue weighted by molar-refractivity contribution is -0.111. The SMILES string of the molecule is Cn1cc(-c2ccncc2C=CC(=O)Nc2cc(F)c(CO)cc2F)cn1. The lowest BCUT2D eigenvalue weighted by Crippen LogP contribution is -2.10. The molecule has 1 aromatic carbocycles. The van der Waals surface area contributed by atoms with Crippen LogP contribution in [0.1, 0.15) is 11.1 Å². The van der Waals surface area contributed by atoms with Gasteiger partial charge in [0.1, 0.15) is 11.6 Å². The number of aliphatic hydroxyl groups excluding tert-OH is 1. The Balaban J connectivity index is 1.79. The van der Waals surface area contributed by atoms with E-state index in [1.165, 1.54) is 12.2 Å². The molecule has 0 fully saturated rings. The van der Waals surface area contributed by atoms with Crippen molar-refractivity contribution in [3.8, 4) is 11.1 Å². The van der Waals surface area contributed by atoms with Gasteiger partial charge in [0.05, 0.1) is 18.5 Å². The molecule has 0 aliphatic heterocycles. The Morgan fingerprint density at radius 3 is 2.81 bits per heavy atom. The van der Waals surface area contributed by atoms with Gasteiger partial charge in [0.2, 0.25) is 5.91 Å². The molecule has 0 bridgehead atoms. The fourth-order valence-electron chi connectivity index (χ4n) is 2.51. The Labute approximate surface area is 153 Å². The van der Waals surface area contributed by atoms with Crippen molar-refractivity contribution in [2.24, 2.45) is 7.05 Å². The summed E-state index contributed by atoms with van der Waals surface area (Å²) in [5.41, 5.74) is 1.86. The van der Waals surface area contributed by atoms with Crippen molar-refractivity contribution in [1.82, 2.24) is 14.8 Å². The van der Waals surface area contributed by atoms with Gasteiger partial charge in [-0.05, 0) is 23.8 Å². The Bertz CT molecular complexity index is 1010. The van der Waals surface area contributed by atoms with Crippen LogP contribution in [0.25, 0.3) is 17.2 Å². The molecule has 0 aliphatic rings. The summed E-state index contributed by atoms with van der Waals surface area (Å²) in [5.74, 6) is -2.27. The number of hydrogen-bond donors (Lipinski definition) is 2. The van der Waals surface area contributed by atoms with Crippen molar-refractivity contribution in [2.75, 3.05) is 5.32 Å². The second-order valence-electron chi connectivity index (χ2n) is 5.77. The van der Waals surface area contributed by atoms with E-state index in [2.05, 4.69) is 15.4 Å². The molecule has 0 radical (unpaired) electrons. The van der Waals surface area contributed by atoms with E-state index in [0.717, 1.165) is 23.3 Å². The summed E-state index contributed by atoms with van der Waals surface area (Å²) in [6.45, 7) is -0.630. The van der Waals surface area contributed by atoms with Gasteiger partial charge in [-0.1, -0.05) is 0 Å². The van der Waals surface area contributed by atoms with Crippen molar-refractivity contribution in [3.63, 3.8) is 0 Å². The van der Waals surface area contributed by atoms with Crippen molar-refractivity contribution in [1.29, 1.82) is 0 Å². The number of carbonyl (C=O) groups is 1. The normalized spacial score (nSPS) is 11.1. The van der Waals surface area contributed by atoms with Gasteiger partial charge in [0.25, 0.3) is 0 Å². The highest BCUT2D eigenvalue weighted by atomic mass is 19.1. The first-order valence-electron chi connectivity index (χ1n) is 7.99. The van der Waals surface area contributed by atoms with Gasteiger partial charge in [-0.25, -0.2) is 8.78 Å². The summed E-state index contributed by atoms with van der Waals surface area (Å²) in [5, 5.41) is 15.3. The molecule has 27 heavy (non-hydrogen) atoms. The Morgan fingerprint density at radius 1 is 1.30 bits per heavy atom. The predicted molar refractivity (Wildman–Crippen MR) is 96.4 cm³/mol. The molecule has 8 heteroatoms. The molecule has 2 N–H and O–H groups in total. The number of amides is 1. The summed E-state index contributed by atoms with van der Waals surface area (Å²) in [4.78, 5) is 16.1. The molecule has 0 aliphatic carbocycles. The van der Waals surface area contributed by atoms with Gasteiger partial charge in [-0.3, -0.25) is 14.5 Å². The highest BCUT2D eigenvalue weighted by Gasteiger charge is 2.11. The molecule has 2 heterocycles. The Kier molecular flexibility index (Phi) is 5.37. The van der Waals surface area contributed by atoms with Crippen LogP contribution in [0.5, 0.6) is 0 Å². The van der Waals surface area contributed by atoms with Crippen LogP contribution in [0.2, 0.25) is 0 Å². The summed E-state index contributed by atoms with van der Waals surface area (Å²) in [6.07, 6.45) is 9.46. The minimum atomic E-state index is -0.834. The predicted octanol–water partition coefficient (Wildman–Crippen LogP) is 2.90. The molecule has 3 rings (SSSR count). The summed E-state index contributed by atoms with van der Waals surface area (Å²) in [6, 6.07) is 3.46. The van der Waals surface area contributed by atoms with Crippen LogP contribution < -0.4 is 5.32 Å². The molecule has 2 aromatic heterocycles. The standard InChI is InChI=1S/C19H16F2N4O2/c1-25-10-14(9-23-25)15-4-5-22-8-12(15)2-3-19(27)24-18-7-16(20)13(11-26)6-17(18)21/h2-10,26H,11H2,1H3,(H,24,27). The number of carbonyl (C=O) groups excluding carboxylic acids is 1. The topological polar surface area (TPSA) is 80.0 Å². The van der Waals surface area contributed by atoms with Crippen LogP contribution in [0.3, 0.4) is 0 Å². The summed E-state index contributed by atoms with van der Waals surface area (Å²) >= 11 is 0. The van der Waals surface area contributed by atoms with Crippen molar-refractivity contribution >= 4 is 17.7 Å². The van der Waals surface area contributed by atoms with Crippen molar-refractivity contribution < 1.29 is 18.7 Å². The van der Waals surface area contributed by atoms with E-state index in [4.69, 9.17) is 5.11 Å². The number of pyridine rings is 1. The van der Waals surface area contributed by atoms with Crippen LogP contribution in [0.4, 0.5) is 14.5 Å². The highest BCUT2D eigenvalue weighted by Crippen LogP contribution is 2.23. The fraction of sp³-hybridized carbons (Fsp3) is 0.105. The van der Waals surface area contributed by atoms with E-state index < -0.39 is 24.1 Å². The average molecular weight is 370 g/mol. The third kappa shape index (κ3) is 4.24. The van der Waals surface area contributed by atoms with E-state index in [1.807, 2.05) is 6.20 Å². The summed E-state index contributed by atoms with van der Waals surface area (Å²) < 4.78 is 29.2. The van der Waals surface area contributed by atoms with Crippen molar-refractivity contribution in [2.45, 2.75) is 6.61 Å². The number of rotatable bonds is 5. The first-order valence-corrected chi connectivity index (χ1v) is 7.99. The van der Waals surface area contributed by atoms with Gasteiger partial charge in [-0.2, -0.15) is 5.10 Å². The smallest absolute Gasteiger partial charge is 0.248 e. The summed E-state index contributed by atoms with van der Waals surface area (Å²) in [7, 11) is 1.80.